The molecular weight excluding hydrogens is 261 g/mol. The van der Waals surface area contributed by atoms with Crippen LogP contribution in [0.3, 0.4) is 0 Å². The lowest BCUT2D eigenvalue weighted by atomic mass is 10.1. The average Bonchev–Trinajstić information content (AvgIpc) is 2.37. The van der Waals surface area contributed by atoms with E-state index in [-0.39, 0.29) is 11.9 Å². The predicted molar refractivity (Wildman–Crippen MR) is 79.4 cm³/mol. The lowest BCUT2D eigenvalue weighted by Gasteiger charge is -2.17. The quantitative estimate of drug-likeness (QED) is 0.844. The maximum atomic E-state index is 12.8. The summed E-state index contributed by atoms with van der Waals surface area (Å²) < 4.78 is 12.8. The Hall–Kier alpha value is -1.54. The Morgan fingerprint density at radius 1 is 1.16 bits per heavy atom. The lowest BCUT2D eigenvalue weighted by molar-refractivity contribution is 0.626. The molecule has 1 nitrogen and oxygen atoms in total. The fraction of sp³-hybridized carbons (Fsp3) is 0.250. The van der Waals surface area contributed by atoms with Crippen LogP contribution in [-0.2, 0) is 6.42 Å². The summed E-state index contributed by atoms with van der Waals surface area (Å²) in [7, 11) is 0. The van der Waals surface area contributed by atoms with Crippen LogP contribution in [-0.4, -0.2) is 6.04 Å². The molecule has 0 aromatic heterocycles. The maximum Gasteiger partial charge on any atom is 0.123 e. The van der Waals surface area contributed by atoms with Crippen molar-refractivity contribution >= 4 is 17.3 Å². The highest BCUT2D eigenvalue weighted by atomic mass is 35.5. The minimum atomic E-state index is -0.203. The molecule has 1 N–H and O–H groups in total. The van der Waals surface area contributed by atoms with E-state index in [1.165, 1.54) is 17.7 Å². The zero-order valence-corrected chi connectivity index (χ0v) is 11.8. The molecule has 0 aliphatic rings. The average molecular weight is 278 g/mol. The highest BCUT2D eigenvalue weighted by molar-refractivity contribution is 6.33. The van der Waals surface area contributed by atoms with E-state index in [0.717, 1.165) is 22.7 Å². The van der Waals surface area contributed by atoms with Crippen molar-refractivity contribution in [1.29, 1.82) is 0 Å². The van der Waals surface area contributed by atoms with Gasteiger partial charge >= 0.3 is 0 Å². The number of nitrogens with one attached hydrogen (secondary N) is 1. The Morgan fingerprint density at radius 2 is 1.84 bits per heavy atom. The molecule has 0 saturated heterocycles. The van der Waals surface area contributed by atoms with Crippen LogP contribution in [0.15, 0.2) is 42.5 Å². The summed E-state index contributed by atoms with van der Waals surface area (Å²) in [5.41, 5.74) is 3.21. The summed E-state index contributed by atoms with van der Waals surface area (Å²) in [5, 5.41) is 4.11. The molecule has 0 spiro atoms. The third-order valence-electron chi connectivity index (χ3n) is 2.98. The van der Waals surface area contributed by atoms with Gasteiger partial charge in [0.15, 0.2) is 0 Å². The van der Waals surface area contributed by atoms with Gasteiger partial charge in [-0.05, 0) is 55.7 Å². The van der Waals surface area contributed by atoms with Crippen LogP contribution in [0, 0.1) is 12.7 Å². The van der Waals surface area contributed by atoms with Gasteiger partial charge in [0.05, 0.1) is 10.7 Å². The molecule has 0 radical (unpaired) electrons. The van der Waals surface area contributed by atoms with Gasteiger partial charge in [0.1, 0.15) is 5.82 Å². The Labute approximate surface area is 118 Å². The normalized spacial score (nSPS) is 12.2. The van der Waals surface area contributed by atoms with Crippen LogP contribution in [0.1, 0.15) is 18.1 Å². The van der Waals surface area contributed by atoms with Gasteiger partial charge in [0.2, 0.25) is 0 Å². The second-order valence-corrected chi connectivity index (χ2v) is 5.27. The topological polar surface area (TPSA) is 12.0 Å². The number of hydrogen-bond acceptors (Lipinski definition) is 1. The van der Waals surface area contributed by atoms with E-state index in [1.807, 2.05) is 37.3 Å². The minimum absolute atomic E-state index is 0.203. The first-order chi connectivity index (χ1) is 9.04. The van der Waals surface area contributed by atoms with E-state index in [0.29, 0.717) is 0 Å². The van der Waals surface area contributed by atoms with Gasteiger partial charge in [0.25, 0.3) is 0 Å². The lowest BCUT2D eigenvalue weighted by Crippen LogP contribution is -2.18. The van der Waals surface area contributed by atoms with Gasteiger partial charge in [-0.15, -0.1) is 0 Å². The van der Waals surface area contributed by atoms with Gasteiger partial charge in [-0.25, -0.2) is 4.39 Å². The number of hydrogen-bond donors (Lipinski definition) is 1. The standard InChI is InChI=1S/C16H17ClFN/c1-11-3-8-15(17)16(9-11)19-12(2)10-13-4-6-14(18)7-5-13/h3-9,12,19H,10H2,1-2H3. The van der Waals surface area contributed by atoms with Crippen molar-refractivity contribution in [2.45, 2.75) is 26.3 Å². The Bertz CT molecular complexity index is 551. The molecule has 19 heavy (non-hydrogen) atoms. The molecule has 0 aliphatic heterocycles. The summed E-state index contributed by atoms with van der Waals surface area (Å²) in [6, 6.07) is 12.7. The molecule has 3 heteroatoms. The summed E-state index contributed by atoms with van der Waals surface area (Å²) in [5.74, 6) is -0.203. The number of rotatable bonds is 4. The van der Waals surface area contributed by atoms with Crippen molar-refractivity contribution in [3.8, 4) is 0 Å². The molecule has 0 fully saturated rings. The molecule has 0 aliphatic carbocycles. The van der Waals surface area contributed by atoms with Crippen LogP contribution >= 0.6 is 11.6 Å². The van der Waals surface area contributed by atoms with Crippen molar-refractivity contribution in [3.63, 3.8) is 0 Å². The Kier molecular flexibility index (Phi) is 4.43. The van der Waals surface area contributed by atoms with Crippen molar-refractivity contribution in [1.82, 2.24) is 0 Å². The van der Waals surface area contributed by atoms with E-state index in [1.54, 1.807) is 0 Å². The van der Waals surface area contributed by atoms with E-state index < -0.39 is 0 Å². The van der Waals surface area contributed by atoms with Crippen molar-refractivity contribution in [2.75, 3.05) is 5.32 Å². The Morgan fingerprint density at radius 3 is 2.53 bits per heavy atom. The van der Waals surface area contributed by atoms with E-state index in [9.17, 15) is 4.39 Å². The molecule has 0 bridgehead atoms. The number of benzene rings is 2. The van der Waals surface area contributed by atoms with Gasteiger partial charge in [0, 0.05) is 6.04 Å². The van der Waals surface area contributed by atoms with Crippen LogP contribution in [0.5, 0.6) is 0 Å². The van der Waals surface area contributed by atoms with Gasteiger partial charge in [-0.3, -0.25) is 0 Å². The summed E-state index contributed by atoms with van der Waals surface area (Å²) in [4.78, 5) is 0. The largest absolute Gasteiger partial charge is 0.381 e. The van der Waals surface area contributed by atoms with Crippen LogP contribution < -0.4 is 5.32 Å². The van der Waals surface area contributed by atoms with E-state index in [2.05, 4.69) is 12.2 Å². The second-order valence-electron chi connectivity index (χ2n) is 4.86. The van der Waals surface area contributed by atoms with Gasteiger partial charge in [-0.1, -0.05) is 29.8 Å². The minimum Gasteiger partial charge on any atom is -0.381 e. The number of anilines is 1. The molecule has 2 rings (SSSR count). The summed E-state index contributed by atoms with van der Waals surface area (Å²) in [6.07, 6.45) is 0.824. The van der Waals surface area contributed by atoms with Crippen molar-refractivity contribution in [3.05, 3.63) is 64.4 Å². The first-order valence-electron chi connectivity index (χ1n) is 6.32. The van der Waals surface area contributed by atoms with Crippen LogP contribution in [0.4, 0.5) is 10.1 Å². The zero-order valence-electron chi connectivity index (χ0n) is 11.1. The van der Waals surface area contributed by atoms with Gasteiger partial charge < -0.3 is 5.32 Å². The SMILES string of the molecule is Cc1ccc(Cl)c(NC(C)Cc2ccc(F)cc2)c1. The fourth-order valence-corrected chi connectivity index (χ4v) is 2.21. The molecule has 100 valence electrons. The fourth-order valence-electron chi connectivity index (χ4n) is 2.04. The van der Waals surface area contributed by atoms with E-state index in [4.69, 9.17) is 11.6 Å². The van der Waals surface area contributed by atoms with Gasteiger partial charge in [-0.2, -0.15) is 0 Å². The molecule has 0 saturated carbocycles. The van der Waals surface area contributed by atoms with E-state index >= 15 is 0 Å². The molecule has 2 aromatic rings. The molecule has 2 aromatic carbocycles. The van der Waals surface area contributed by atoms with Crippen LogP contribution in [0.2, 0.25) is 5.02 Å². The summed E-state index contributed by atoms with van der Waals surface area (Å²) in [6.45, 7) is 4.12. The third-order valence-corrected chi connectivity index (χ3v) is 3.31. The molecular formula is C16H17ClFN. The first-order valence-corrected chi connectivity index (χ1v) is 6.69. The number of halogens is 2. The monoisotopic (exact) mass is 277 g/mol. The first kappa shape index (κ1) is 13.9. The smallest absolute Gasteiger partial charge is 0.123 e. The van der Waals surface area contributed by atoms with Crippen molar-refractivity contribution < 1.29 is 4.39 Å². The van der Waals surface area contributed by atoms with Crippen LogP contribution in [0.25, 0.3) is 0 Å². The molecule has 0 amide bonds. The highest BCUT2D eigenvalue weighted by Crippen LogP contribution is 2.24. The molecule has 0 heterocycles. The highest BCUT2D eigenvalue weighted by Gasteiger charge is 2.07. The second kappa shape index (κ2) is 6.07. The Balaban J connectivity index is 2.02. The predicted octanol–water partition coefficient (Wildman–Crippen LogP) is 4.83. The molecule has 1 atom stereocenters. The molecule has 1 unspecified atom stereocenters. The summed E-state index contributed by atoms with van der Waals surface area (Å²) >= 11 is 6.15. The zero-order chi connectivity index (χ0) is 13.8. The third kappa shape index (κ3) is 3.97. The number of aryl methyl sites for hydroxylation is 1. The maximum absolute atomic E-state index is 12.8. The van der Waals surface area contributed by atoms with Crippen molar-refractivity contribution in [2.24, 2.45) is 0 Å².